The third-order valence-electron chi connectivity index (χ3n) is 1.91. The number of nitrogens with one attached hydrogen (secondary N) is 2. The number of nitrogens with zero attached hydrogens (tertiary/aromatic N) is 2. The Bertz CT molecular complexity index is 328. The van der Waals surface area contributed by atoms with E-state index in [-0.39, 0.29) is 6.04 Å². The minimum atomic E-state index is -0.808. The van der Waals surface area contributed by atoms with Crippen LogP contribution in [0, 0.1) is 0 Å². The van der Waals surface area contributed by atoms with Crippen LogP contribution in [-0.2, 0) is 10.8 Å². The molecule has 0 aliphatic heterocycles. The van der Waals surface area contributed by atoms with Crippen LogP contribution in [0.3, 0.4) is 0 Å². The van der Waals surface area contributed by atoms with Crippen LogP contribution in [-0.4, -0.2) is 40.0 Å². The fourth-order valence-corrected chi connectivity index (χ4v) is 1.30. The lowest BCUT2D eigenvalue weighted by Gasteiger charge is -2.02. The van der Waals surface area contributed by atoms with Gasteiger partial charge in [0.05, 0.1) is 6.04 Å². The summed E-state index contributed by atoms with van der Waals surface area (Å²) in [5.74, 6) is 1.11. The van der Waals surface area contributed by atoms with E-state index in [4.69, 9.17) is 4.42 Å². The molecule has 86 valence electrons. The molecule has 0 amide bonds. The van der Waals surface area contributed by atoms with Gasteiger partial charge >= 0.3 is 6.01 Å². The van der Waals surface area contributed by atoms with Crippen molar-refractivity contribution in [1.82, 2.24) is 15.5 Å². The zero-order valence-corrected chi connectivity index (χ0v) is 9.93. The fourth-order valence-electron chi connectivity index (χ4n) is 0.906. The fraction of sp³-hybridized carbons (Fsp3) is 0.750. The smallest absolute Gasteiger partial charge is 0.315 e. The average molecular weight is 232 g/mol. The van der Waals surface area contributed by atoms with E-state index >= 15 is 0 Å². The zero-order chi connectivity index (χ0) is 11.3. The minimum Gasteiger partial charge on any atom is -0.406 e. The van der Waals surface area contributed by atoms with Crippen LogP contribution in [0.25, 0.3) is 0 Å². The molecule has 2 N–H and O–H groups in total. The first kappa shape index (κ1) is 12.1. The first-order valence-electron chi connectivity index (χ1n) is 4.68. The Kier molecular flexibility index (Phi) is 4.70. The second-order valence-corrected chi connectivity index (χ2v) is 4.71. The van der Waals surface area contributed by atoms with Crippen LogP contribution in [0.15, 0.2) is 4.42 Å². The number of rotatable bonds is 6. The topological polar surface area (TPSA) is 80.0 Å². The summed E-state index contributed by atoms with van der Waals surface area (Å²) in [4.78, 5) is 0. The molecule has 1 rings (SSSR count). The molecule has 0 saturated heterocycles. The van der Waals surface area contributed by atoms with Crippen molar-refractivity contribution in [3.8, 4) is 0 Å². The molecule has 1 aromatic heterocycles. The predicted molar refractivity (Wildman–Crippen MR) is 59.2 cm³/mol. The molecule has 0 radical (unpaired) electrons. The molecule has 1 aromatic rings. The summed E-state index contributed by atoms with van der Waals surface area (Å²) in [5, 5.41) is 13.6. The Morgan fingerprint density at radius 3 is 2.87 bits per heavy atom. The molecule has 2 unspecified atom stereocenters. The summed E-state index contributed by atoms with van der Waals surface area (Å²) in [7, 11) is 1.01. The lowest BCUT2D eigenvalue weighted by atomic mass is 10.3. The molecule has 0 aliphatic carbocycles. The largest absolute Gasteiger partial charge is 0.406 e. The van der Waals surface area contributed by atoms with Gasteiger partial charge in [0, 0.05) is 29.4 Å². The average Bonchev–Trinajstić information content (AvgIpc) is 2.65. The van der Waals surface area contributed by atoms with E-state index < -0.39 is 10.8 Å². The Labute approximate surface area is 91.3 Å². The first-order valence-corrected chi connectivity index (χ1v) is 6.40. The van der Waals surface area contributed by atoms with Crippen LogP contribution in [0.2, 0.25) is 0 Å². The predicted octanol–water partition coefficient (Wildman–Crippen LogP) is 0.140. The zero-order valence-electron chi connectivity index (χ0n) is 9.11. The first-order chi connectivity index (χ1) is 7.13. The Morgan fingerprint density at radius 1 is 1.53 bits per heavy atom. The van der Waals surface area contributed by atoms with Crippen molar-refractivity contribution in [3.63, 3.8) is 0 Å². The second kappa shape index (κ2) is 5.82. The summed E-state index contributed by atoms with van der Waals surface area (Å²) < 4.78 is 16.1. The number of hydrogen-bond acceptors (Lipinski definition) is 6. The van der Waals surface area contributed by atoms with Gasteiger partial charge in [-0.1, -0.05) is 5.10 Å². The van der Waals surface area contributed by atoms with Crippen LogP contribution in [0.1, 0.15) is 18.9 Å². The van der Waals surface area contributed by atoms with Crippen molar-refractivity contribution in [2.75, 3.05) is 30.9 Å². The summed E-state index contributed by atoms with van der Waals surface area (Å²) in [6.07, 6.45) is 1.66. The maximum Gasteiger partial charge on any atom is 0.315 e. The van der Waals surface area contributed by atoms with Gasteiger partial charge in [-0.05, 0) is 14.0 Å². The molecule has 0 saturated carbocycles. The van der Waals surface area contributed by atoms with Gasteiger partial charge < -0.3 is 15.1 Å². The summed E-state index contributed by atoms with van der Waals surface area (Å²) in [6, 6.07) is 0.408. The molecule has 0 bridgehead atoms. The van der Waals surface area contributed by atoms with Gasteiger partial charge in [0.2, 0.25) is 5.89 Å². The van der Waals surface area contributed by atoms with Gasteiger partial charge in [0.25, 0.3) is 0 Å². The Balaban J connectivity index is 2.42. The molecule has 1 heterocycles. The van der Waals surface area contributed by atoms with Gasteiger partial charge in [-0.2, -0.15) is 0 Å². The Hall–Kier alpha value is -0.950. The highest BCUT2D eigenvalue weighted by molar-refractivity contribution is 7.84. The van der Waals surface area contributed by atoms with Gasteiger partial charge in [-0.25, -0.2) is 0 Å². The normalized spacial score (nSPS) is 14.9. The summed E-state index contributed by atoms with van der Waals surface area (Å²) in [6.45, 7) is 2.50. The molecule has 0 spiro atoms. The van der Waals surface area contributed by atoms with Crippen molar-refractivity contribution in [2.24, 2.45) is 0 Å². The Morgan fingerprint density at radius 2 is 2.27 bits per heavy atom. The molecule has 0 aliphatic rings. The minimum absolute atomic E-state index is 0.0355. The van der Waals surface area contributed by atoms with E-state index in [9.17, 15) is 4.21 Å². The number of hydrogen-bond donors (Lipinski definition) is 2. The lowest BCUT2D eigenvalue weighted by Crippen LogP contribution is -2.12. The van der Waals surface area contributed by atoms with Crippen LogP contribution in [0.5, 0.6) is 0 Å². The molecule has 2 atom stereocenters. The highest BCUT2D eigenvalue weighted by Crippen LogP contribution is 2.12. The van der Waals surface area contributed by atoms with Crippen LogP contribution < -0.4 is 10.6 Å². The SMILES string of the molecule is CNC(C)c1nnc(NCCS(C)=O)o1. The van der Waals surface area contributed by atoms with Crippen LogP contribution in [0.4, 0.5) is 6.01 Å². The quantitative estimate of drug-likeness (QED) is 0.726. The number of anilines is 1. The van der Waals surface area contributed by atoms with Crippen molar-refractivity contribution < 1.29 is 8.63 Å². The lowest BCUT2D eigenvalue weighted by molar-refractivity contribution is 0.441. The van der Waals surface area contributed by atoms with Crippen molar-refractivity contribution >= 4 is 16.8 Å². The molecule has 15 heavy (non-hydrogen) atoms. The maximum absolute atomic E-state index is 10.8. The molecule has 7 heteroatoms. The highest BCUT2D eigenvalue weighted by Gasteiger charge is 2.11. The maximum atomic E-state index is 10.8. The van der Waals surface area contributed by atoms with Gasteiger partial charge in [0.1, 0.15) is 0 Å². The molecular formula is C8H16N4O2S. The van der Waals surface area contributed by atoms with E-state index in [0.29, 0.717) is 24.2 Å². The standard InChI is InChI=1S/C8H16N4O2S/c1-6(9-2)7-11-12-8(14-7)10-4-5-15(3)13/h6,9H,4-5H2,1-3H3,(H,10,12). The third kappa shape index (κ3) is 3.96. The van der Waals surface area contributed by atoms with Crippen molar-refractivity contribution in [2.45, 2.75) is 13.0 Å². The van der Waals surface area contributed by atoms with Crippen molar-refractivity contribution in [1.29, 1.82) is 0 Å². The van der Waals surface area contributed by atoms with Gasteiger partial charge in [-0.3, -0.25) is 4.21 Å². The second-order valence-electron chi connectivity index (χ2n) is 3.16. The van der Waals surface area contributed by atoms with E-state index in [0.717, 1.165) is 0 Å². The summed E-state index contributed by atoms with van der Waals surface area (Å²) in [5.41, 5.74) is 0. The number of aromatic nitrogens is 2. The van der Waals surface area contributed by atoms with E-state index in [2.05, 4.69) is 20.8 Å². The van der Waals surface area contributed by atoms with E-state index in [1.807, 2.05) is 14.0 Å². The molecule has 0 aromatic carbocycles. The van der Waals surface area contributed by atoms with Crippen LogP contribution >= 0.6 is 0 Å². The molecule has 0 fully saturated rings. The molecular weight excluding hydrogens is 216 g/mol. The summed E-state index contributed by atoms with van der Waals surface area (Å²) >= 11 is 0. The van der Waals surface area contributed by atoms with Crippen molar-refractivity contribution in [3.05, 3.63) is 5.89 Å². The van der Waals surface area contributed by atoms with E-state index in [1.165, 1.54) is 0 Å². The van der Waals surface area contributed by atoms with E-state index in [1.54, 1.807) is 6.26 Å². The van der Waals surface area contributed by atoms with Gasteiger partial charge in [-0.15, -0.1) is 5.10 Å². The monoisotopic (exact) mass is 232 g/mol. The molecule has 6 nitrogen and oxygen atoms in total. The van der Waals surface area contributed by atoms with Gasteiger partial charge in [0.15, 0.2) is 0 Å². The highest BCUT2D eigenvalue weighted by atomic mass is 32.2. The third-order valence-corrected chi connectivity index (χ3v) is 2.69.